The third-order valence-corrected chi connectivity index (χ3v) is 17.5. The van der Waals surface area contributed by atoms with Crippen molar-refractivity contribution in [3.8, 4) is 0 Å². The Hall–Kier alpha value is -3.77. The van der Waals surface area contributed by atoms with Crippen LogP contribution in [0.2, 0.25) is 0 Å². The number of fused-ring (bicyclic) bond motifs is 2. The molecule has 0 amide bonds. The van der Waals surface area contributed by atoms with Gasteiger partial charge in [0.2, 0.25) is 0 Å². The largest absolute Gasteiger partial charge is 1.00 e. The van der Waals surface area contributed by atoms with Gasteiger partial charge in [0.25, 0.3) is 0 Å². The molecule has 228 valence electrons. The van der Waals surface area contributed by atoms with Crippen LogP contribution in [0, 0.1) is 0 Å². The average Bonchev–Trinajstić information content (AvgIpc) is 3.65. The quantitative estimate of drug-likeness (QED) is 0.170. The predicted molar refractivity (Wildman–Crippen MR) is 192 cm³/mol. The second kappa shape index (κ2) is 15.0. The van der Waals surface area contributed by atoms with E-state index in [1.165, 1.54) is 43.5 Å². The van der Waals surface area contributed by atoms with Gasteiger partial charge in [0.1, 0.15) is 0 Å². The first-order valence-corrected chi connectivity index (χ1v) is 20.0. The smallest absolute Gasteiger partial charge is 1.00 e. The minimum Gasteiger partial charge on any atom is -1.00 e. The van der Waals surface area contributed by atoms with Crippen LogP contribution in [0.15, 0.2) is 180 Å². The van der Waals surface area contributed by atoms with E-state index in [1.54, 1.807) is 10.6 Å². The molecule has 47 heavy (non-hydrogen) atoms. The number of hydrogen-bond donors (Lipinski definition) is 0. The molecule has 0 N–H and O–H groups in total. The summed E-state index contributed by atoms with van der Waals surface area (Å²) in [7, 11) is -1.33. The van der Waals surface area contributed by atoms with Crippen molar-refractivity contribution >= 4 is 49.2 Å². The summed E-state index contributed by atoms with van der Waals surface area (Å²) in [5, 5.41) is 8.99. The fraction of sp³-hybridized carbons (Fsp3) is 0.0476. The van der Waals surface area contributed by atoms with Crippen LogP contribution in [-0.2, 0) is 19.2 Å². The van der Waals surface area contributed by atoms with Crippen LogP contribution in [0.25, 0.3) is 12.2 Å². The maximum atomic E-state index is 2.57. The number of allylic oxidation sites excluding steroid dienone is 2. The molecule has 8 rings (SSSR count). The van der Waals surface area contributed by atoms with Gasteiger partial charge in [0.05, 0.1) is 0 Å². The van der Waals surface area contributed by atoms with Crippen LogP contribution in [0.1, 0.15) is 30.7 Å². The van der Waals surface area contributed by atoms with Crippen molar-refractivity contribution in [2.45, 2.75) is 8.45 Å². The van der Waals surface area contributed by atoms with Crippen molar-refractivity contribution < 1.29 is 28.6 Å². The third kappa shape index (κ3) is 6.54. The van der Waals surface area contributed by atoms with Crippen molar-refractivity contribution in [1.29, 1.82) is 0 Å². The molecule has 6 aromatic rings. The van der Waals surface area contributed by atoms with Crippen molar-refractivity contribution in [1.82, 2.24) is 0 Å². The van der Waals surface area contributed by atoms with Gasteiger partial charge in [-0.05, 0) is 0 Å². The minimum atomic E-state index is -0.664. The van der Waals surface area contributed by atoms with Gasteiger partial charge in [0.15, 0.2) is 0 Å². The molecule has 0 heterocycles. The van der Waals surface area contributed by atoms with Crippen molar-refractivity contribution in [2.75, 3.05) is 0 Å². The zero-order valence-corrected chi connectivity index (χ0v) is 29.0. The number of rotatable bonds is 8. The second-order valence-electron chi connectivity index (χ2n) is 11.4. The number of hydrogen-bond acceptors (Lipinski definition) is 0. The Morgan fingerprint density at radius 1 is 0.340 bits per heavy atom. The SMILES string of the molecule is C1=C(P(c2ccccc2)c2ccccc2)[CH]([Ti+2][CH]2C(P(c3ccccc3)c3ccccc3)=Cc3ccccc32)c2ccccc21.[F-].[F-]. The van der Waals surface area contributed by atoms with Gasteiger partial charge < -0.3 is 9.41 Å². The normalized spacial score (nSPS) is 15.9. The Balaban J connectivity index is 0.00000193. The summed E-state index contributed by atoms with van der Waals surface area (Å²) in [5.74, 6) is 0. The summed E-state index contributed by atoms with van der Waals surface area (Å²) in [6.45, 7) is 0. The van der Waals surface area contributed by atoms with Crippen LogP contribution in [0.3, 0.4) is 0 Å². The van der Waals surface area contributed by atoms with Gasteiger partial charge in [-0.1, -0.05) is 0 Å². The first kappa shape index (κ1) is 33.1. The summed E-state index contributed by atoms with van der Waals surface area (Å²) in [6.07, 6.45) is 5.13. The molecule has 2 aliphatic carbocycles. The molecule has 0 bridgehead atoms. The van der Waals surface area contributed by atoms with Crippen molar-refractivity contribution in [2.24, 2.45) is 0 Å². The second-order valence-corrected chi connectivity index (χ2v) is 18.2. The molecule has 6 aromatic carbocycles. The van der Waals surface area contributed by atoms with Crippen LogP contribution in [0.4, 0.5) is 0 Å². The Kier molecular flexibility index (Phi) is 10.6. The van der Waals surface area contributed by atoms with E-state index >= 15 is 0 Å². The molecule has 0 nitrogen and oxygen atoms in total. The first-order valence-electron chi connectivity index (χ1n) is 15.5. The Morgan fingerprint density at radius 3 is 0.936 bits per heavy atom. The van der Waals surface area contributed by atoms with Crippen molar-refractivity contribution in [3.63, 3.8) is 0 Å². The van der Waals surface area contributed by atoms with Gasteiger partial charge in [-0.2, -0.15) is 0 Å². The summed E-state index contributed by atoms with van der Waals surface area (Å²) in [5.41, 5.74) is 5.87. The molecule has 0 radical (unpaired) electrons. The van der Waals surface area contributed by atoms with Gasteiger partial charge in [-0.3, -0.25) is 0 Å². The topological polar surface area (TPSA) is 0 Å². The van der Waals surface area contributed by atoms with E-state index in [4.69, 9.17) is 0 Å². The molecule has 2 aliphatic rings. The molecule has 0 aromatic heterocycles. The van der Waals surface area contributed by atoms with Crippen LogP contribution >= 0.6 is 15.8 Å². The van der Waals surface area contributed by atoms with E-state index in [0.29, 0.717) is 8.45 Å². The van der Waals surface area contributed by atoms with Gasteiger partial charge in [-0.25, -0.2) is 0 Å². The summed E-state index contributed by atoms with van der Waals surface area (Å²) >= 11 is -0.576. The molecule has 0 fully saturated rings. The Morgan fingerprint density at radius 2 is 0.617 bits per heavy atom. The molecule has 0 saturated heterocycles. The van der Waals surface area contributed by atoms with E-state index in [2.05, 4.69) is 182 Å². The van der Waals surface area contributed by atoms with E-state index in [9.17, 15) is 0 Å². The fourth-order valence-corrected chi connectivity index (χ4v) is 16.2. The Labute approximate surface area is 287 Å². The molecule has 0 spiro atoms. The van der Waals surface area contributed by atoms with Gasteiger partial charge in [0, 0.05) is 0 Å². The number of halogens is 2. The molecular formula is C42H32F2P2Ti. The predicted octanol–water partition coefficient (Wildman–Crippen LogP) is 3.53. The van der Waals surface area contributed by atoms with Crippen molar-refractivity contribution in [3.05, 3.63) is 203 Å². The minimum absolute atomic E-state index is 0. The van der Waals surface area contributed by atoms with Crippen LogP contribution in [0.5, 0.6) is 0 Å². The Bertz CT molecular complexity index is 1770. The van der Waals surface area contributed by atoms with Gasteiger partial charge in [-0.15, -0.1) is 0 Å². The summed E-state index contributed by atoms with van der Waals surface area (Å²) in [6, 6.07) is 63.5. The summed E-state index contributed by atoms with van der Waals surface area (Å²) in [4.78, 5) is 0. The molecule has 2 atom stereocenters. The monoisotopic (exact) mass is 684 g/mol. The van der Waals surface area contributed by atoms with Crippen LogP contribution < -0.4 is 30.6 Å². The fourth-order valence-electron chi connectivity index (χ4n) is 6.72. The molecule has 2 unspecified atom stereocenters. The zero-order chi connectivity index (χ0) is 30.0. The standard InChI is InChI=1S/2C21H16P.2FH.Ti/c2*1-3-11-19(12-4-1)22(20-13-5-2-6-14-20)21-15-17-9-7-8-10-18(17)16-21;;;/h2*1-16H;2*1H;/q;;;;+2/p-2. The van der Waals surface area contributed by atoms with E-state index in [1.807, 2.05) is 0 Å². The average molecular weight is 685 g/mol. The molecule has 5 heteroatoms. The summed E-state index contributed by atoms with van der Waals surface area (Å²) < 4.78 is 0.909. The molecule has 0 saturated carbocycles. The number of benzene rings is 6. The van der Waals surface area contributed by atoms with E-state index in [-0.39, 0.29) is 9.41 Å². The first-order chi connectivity index (χ1) is 22.3. The third-order valence-electron chi connectivity index (χ3n) is 8.72. The van der Waals surface area contributed by atoms with Gasteiger partial charge >= 0.3 is 280 Å². The molecule has 0 aliphatic heterocycles. The maximum Gasteiger partial charge on any atom is -1.00 e. The van der Waals surface area contributed by atoms with E-state index in [0.717, 1.165) is 0 Å². The zero-order valence-electron chi connectivity index (χ0n) is 25.6. The van der Waals surface area contributed by atoms with Crippen LogP contribution in [-0.4, -0.2) is 0 Å². The maximum absolute atomic E-state index is 2.57. The van der Waals surface area contributed by atoms with E-state index < -0.39 is 35.0 Å². The molecular weight excluding hydrogens is 652 g/mol.